The molecule has 0 radical (unpaired) electrons. The molecule has 15 heavy (non-hydrogen) atoms. The fourth-order valence-corrected chi connectivity index (χ4v) is 2.24. The lowest BCUT2D eigenvalue weighted by atomic mass is 10.2. The van der Waals surface area contributed by atoms with Gasteiger partial charge in [-0.05, 0) is 24.6 Å². The molecule has 1 rings (SSSR count). The highest BCUT2D eigenvalue weighted by Crippen LogP contribution is 2.25. The average molecular weight is 251 g/mol. The van der Waals surface area contributed by atoms with Crippen molar-refractivity contribution in [3.63, 3.8) is 0 Å². The van der Waals surface area contributed by atoms with Crippen LogP contribution in [0.25, 0.3) is 0 Å². The molecule has 0 saturated heterocycles. The second-order valence-electron chi connectivity index (χ2n) is 2.93. The van der Waals surface area contributed by atoms with Crippen LogP contribution in [0.1, 0.15) is 5.56 Å². The summed E-state index contributed by atoms with van der Waals surface area (Å²) in [5.74, 6) is 0. The van der Waals surface area contributed by atoms with Crippen LogP contribution in [0.2, 0.25) is 5.02 Å². The van der Waals surface area contributed by atoms with Gasteiger partial charge in [0.05, 0.1) is 12.8 Å². The highest BCUT2D eigenvalue weighted by atomic mass is 35.5. The number of halogens is 1. The molecule has 0 saturated carbocycles. The third-order valence-corrected chi connectivity index (χ3v) is 3.50. The zero-order chi connectivity index (χ0) is 11.6. The van der Waals surface area contributed by atoms with Gasteiger partial charge in [-0.3, -0.25) is 4.84 Å². The largest absolute Gasteiger partial charge is 0.398 e. The lowest BCUT2D eigenvalue weighted by Crippen LogP contribution is -2.23. The van der Waals surface area contributed by atoms with Crippen molar-refractivity contribution < 1.29 is 13.3 Å². The first-order chi connectivity index (χ1) is 6.88. The van der Waals surface area contributed by atoms with Crippen LogP contribution in [-0.2, 0) is 14.9 Å². The van der Waals surface area contributed by atoms with E-state index in [9.17, 15) is 8.42 Å². The van der Waals surface area contributed by atoms with Crippen LogP contribution in [0, 0.1) is 6.92 Å². The van der Waals surface area contributed by atoms with E-state index < -0.39 is 10.0 Å². The number of hydrogen-bond acceptors (Lipinski definition) is 4. The minimum absolute atomic E-state index is 0.0498. The number of anilines is 1. The number of benzene rings is 1. The topological polar surface area (TPSA) is 81.4 Å². The summed E-state index contributed by atoms with van der Waals surface area (Å²) >= 11 is 5.79. The van der Waals surface area contributed by atoms with Crippen molar-refractivity contribution >= 4 is 27.3 Å². The van der Waals surface area contributed by atoms with Crippen molar-refractivity contribution in [2.24, 2.45) is 0 Å². The van der Waals surface area contributed by atoms with Gasteiger partial charge in [-0.1, -0.05) is 16.5 Å². The van der Waals surface area contributed by atoms with Gasteiger partial charge >= 0.3 is 0 Å². The maximum atomic E-state index is 11.6. The Kier molecular flexibility index (Phi) is 3.56. The summed E-state index contributed by atoms with van der Waals surface area (Å²) in [4.78, 5) is 6.18. The van der Waals surface area contributed by atoms with Gasteiger partial charge in [0.2, 0.25) is 0 Å². The van der Waals surface area contributed by atoms with Gasteiger partial charge in [0.1, 0.15) is 4.90 Å². The highest BCUT2D eigenvalue weighted by molar-refractivity contribution is 7.89. The van der Waals surface area contributed by atoms with Crippen molar-refractivity contribution in [3.8, 4) is 0 Å². The van der Waals surface area contributed by atoms with Crippen molar-refractivity contribution in [1.29, 1.82) is 0 Å². The zero-order valence-electron chi connectivity index (χ0n) is 8.24. The van der Waals surface area contributed by atoms with E-state index in [1.165, 1.54) is 19.2 Å². The summed E-state index contributed by atoms with van der Waals surface area (Å²) in [7, 11) is -2.53. The van der Waals surface area contributed by atoms with Crippen LogP contribution in [0.4, 0.5) is 5.69 Å². The van der Waals surface area contributed by atoms with Crippen molar-refractivity contribution in [1.82, 2.24) is 4.89 Å². The molecule has 0 aromatic heterocycles. The number of aryl methyl sites for hydroxylation is 1. The summed E-state index contributed by atoms with van der Waals surface area (Å²) in [6, 6.07) is 2.78. The van der Waals surface area contributed by atoms with Crippen LogP contribution >= 0.6 is 11.6 Å². The Morgan fingerprint density at radius 3 is 2.60 bits per heavy atom. The van der Waals surface area contributed by atoms with Crippen LogP contribution in [-0.4, -0.2) is 15.5 Å². The molecule has 0 aliphatic rings. The van der Waals surface area contributed by atoms with Gasteiger partial charge in [0, 0.05) is 5.02 Å². The van der Waals surface area contributed by atoms with Crippen LogP contribution < -0.4 is 10.6 Å². The molecule has 0 bridgehead atoms. The fourth-order valence-electron chi connectivity index (χ4n) is 1.06. The molecule has 0 aliphatic heterocycles. The molecule has 0 fully saturated rings. The highest BCUT2D eigenvalue weighted by Gasteiger charge is 2.18. The van der Waals surface area contributed by atoms with Crippen LogP contribution in [0.3, 0.4) is 0 Å². The Morgan fingerprint density at radius 2 is 2.07 bits per heavy atom. The number of nitrogens with one attached hydrogen (secondary N) is 1. The van der Waals surface area contributed by atoms with Gasteiger partial charge in [-0.15, -0.1) is 0 Å². The van der Waals surface area contributed by atoms with Crippen LogP contribution in [0.5, 0.6) is 0 Å². The predicted octanol–water partition coefficient (Wildman–Crippen LogP) is 1.07. The lowest BCUT2D eigenvalue weighted by molar-refractivity contribution is 0.153. The second-order valence-corrected chi connectivity index (χ2v) is 4.95. The molecule has 7 heteroatoms. The van der Waals surface area contributed by atoms with Crippen molar-refractivity contribution in [3.05, 3.63) is 22.7 Å². The van der Waals surface area contributed by atoms with E-state index in [-0.39, 0.29) is 10.6 Å². The predicted molar refractivity (Wildman–Crippen MR) is 57.9 cm³/mol. The van der Waals surface area contributed by atoms with Gasteiger partial charge < -0.3 is 5.73 Å². The summed E-state index contributed by atoms with van der Waals surface area (Å²) in [6.45, 7) is 1.69. The number of sulfonamides is 1. The number of nitrogens with two attached hydrogens (primary N) is 1. The minimum atomic E-state index is -3.74. The molecule has 3 N–H and O–H groups in total. The van der Waals surface area contributed by atoms with E-state index in [2.05, 4.69) is 4.84 Å². The Hall–Kier alpha value is -0.820. The summed E-state index contributed by atoms with van der Waals surface area (Å²) in [5.41, 5.74) is 6.25. The molecule has 0 unspecified atom stereocenters. The third-order valence-electron chi connectivity index (χ3n) is 1.77. The first kappa shape index (κ1) is 12.3. The fraction of sp³-hybridized carbons (Fsp3) is 0.250. The average Bonchev–Trinajstić information content (AvgIpc) is 2.11. The maximum absolute atomic E-state index is 11.6. The number of nitrogen functional groups attached to an aromatic ring is 1. The number of rotatable bonds is 3. The Bertz CT molecular complexity index is 473. The Balaban J connectivity index is 3.33. The monoisotopic (exact) mass is 250 g/mol. The molecular formula is C8H11ClN2O3S. The zero-order valence-corrected chi connectivity index (χ0v) is 9.82. The standard InChI is InChI=1S/C8H11ClN2O3S/c1-5-3-8(7(10)4-6(5)9)15(12,13)11-14-2/h3-4,11H,10H2,1-2H3. The molecule has 0 heterocycles. The molecule has 1 aromatic carbocycles. The lowest BCUT2D eigenvalue weighted by Gasteiger charge is -2.09. The first-order valence-electron chi connectivity index (χ1n) is 3.99. The number of hydrogen-bond donors (Lipinski definition) is 2. The van der Waals surface area contributed by atoms with Gasteiger partial charge in [0.25, 0.3) is 10.0 Å². The molecule has 5 nitrogen and oxygen atoms in total. The van der Waals surface area contributed by atoms with Crippen molar-refractivity contribution in [2.45, 2.75) is 11.8 Å². The molecule has 0 aliphatic carbocycles. The normalized spacial score (nSPS) is 11.7. The van der Waals surface area contributed by atoms with E-state index in [1.54, 1.807) is 6.92 Å². The smallest absolute Gasteiger partial charge is 0.264 e. The second kappa shape index (κ2) is 4.36. The molecule has 1 aromatic rings. The SMILES string of the molecule is CONS(=O)(=O)c1cc(C)c(Cl)cc1N. The van der Waals surface area contributed by atoms with E-state index >= 15 is 0 Å². The molecule has 0 amide bonds. The molecule has 84 valence electrons. The Morgan fingerprint density at radius 1 is 1.47 bits per heavy atom. The van der Waals surface area contributed by atoms with E-state index in [0.29, 0.717) is 10.6 Å². The quantitative estimate of drug-likeness (QED) is 0.621. The Labute approximate surface area is 93.2 Å². The van der Waals surface area contributed by atoms with E-state index in [1.807, 2.05) is 4.89 Å². The van der Waals surface area contributed by atoms with E-state index in [4.69, 9.17) is 17.3 Å². The van der Waals surface area contributed by atoms with Gasteiger partial charge in [0.15, 0.2) is 0 Å². The van der Waals surface area contributed by atoms with Crippen molar-refractivity contribution in [2.75, 3.05) is 12.8 Å². The summed E-state index contributed by atoms with van der Waals surface area (Å²) in [5, 5.41) is 0.420. The summed E-state index contributed by atoms with van der Waals surface area (Å²) < 4.78 is 23.1. The molecule has 0 spiro atoms. The van der Waals surface area contributed by atoms with Crippen LogP contribution in [0.15, 0.2) is 17.0 Å². The third kappa shape index (κ3) is 2.60. The molecule has 0 atom stereocenters. The minimum Gasteiger partial charge on any atom is -0.398 e. The van der Waals surface area contributed by atoms with Gasteiger partial charge in [-0.25, -0.2) is 8.42 Å². The van der Waals surface area contributed by atoms with E-state index in [0.717, 1.165) is 0 Å². The first-order valence-corrected chi connectivity index (χ1v) is 5.85. The molecular weight excluding hydrogens is 240 g/mol. The van der Waals surface area contributed by atoms with Gasteiger partial charge in [-0.2, -0.15) is 0 Å². The maximum Gasteiger partial charge on any atom is 0.264 e. The summed E-state index contributed by atoms with van der Waals surface area (Å²) in [6.07, 6.45) is 0.